The zero-order chi connectivity index (χ0) is 15.0. The lowest BCUT2D eigenvalue weighted by Crippen LogP contribution is -2.15. The zero-order valence-corrected chi connectivity index (χ0v) is 13.9. The molecule has 0 amide bonds. The molecule has 1 heterocycles. The first kappa shape index (κ1) is 14.3. The van der Waals surface area contributed by atoms with Crippen LogP contribution in [0.25, 0.3) is 11.0 Å². The van der Waals surface area contributed by atoms with Crippen LogP contribution in [-0.4, -0.2) is 15.1 Å². The third-order valence-electron chi connectivity index (χ3n) is 3.12. The minimum atomic E-state index is -0.200. The Balaban J connectivity index is 2.06. The van der Waals surface area contributed by atoms with E-state index in [0.717, 1.165) is 16.6 Å². The molecule has 4 nitrogen and oxygen atoms in total. The van der Waals surface area contributed by atoms with Crippen molar-refractivity contribution in [2.45, 2.75) is 6.42 Å². The van der Waals surface area contributed by atoms with Gasteiger partial charge in [-0.15, -0.1) is 0 Å². The van der Waals surface area contributed by atoms with E-state index >= 15 is 0 Å². The Kier molecular flexibility index (Phi) is 3.82. The smallest absolute Gasteiger partial charge is 0.270 e. The predicted molar refractivity (Wildman–Crippen MR) is 88.7 cm³/mol. The summed E-state index contributed by atoms with van der Waals surface area (Å²) in [6.07, 6.45) is 0.387. The molecule has 0 bridgehead atoms. The van der Waals surface area contributed by atoms with Crippen molar-refractivity contribution in [3.63, 3.8) is 0 Å². The van der Waals surface area contributed by atoms with Gasteiger partial charge in [0.05, 0.1) is 20.0 Å². The normalized spacial score (nSPS) is 11.0. The van der Waals surface area contributed by atoms with Crippen molar-refractivity contribution in [2.75, 3.05) is 0 Å². The lowest BCUT2D eigenvalue weighted by atomic mass is 10.1. The van der Waals surface area contributed by atoms with Gasteiger partial charge in [-0.05, 0) is 61.7 Å². The second-order valence-corrected chi connectivity index (χ2v) is 6.32. The highest BCUT2D eigenvalue weighted by Crippen LogP contribution is 2.33. The monoisotopic (exact) mass is 408 g/mol. The number of nitrogens with zero attached hydrogens (tertiary/aromatic N) is 1. The maximum Gasteiger partial charge on any atom is 0.270 e. The largest absolute Gasteiger partial charge is 0.506 e. The van der Waals surface area contributed by atoms with Gasteiger partial charge in [-0.25, -0.2) is 4.98 Å². The third kappa shape index (κ3) is 2.87. The number of hydrogen-bond donors (Lipinski definition) is 2. The first-order valence-corrected chi connectivity index (χ1v) is 7.78. The number of aromatic amines is 1. The summed E-state index contributed by atoms with van der Waals surface area (Å²) in [5.74, 6) is 0.138. The predicted octanol–water partition coefficient (Wildman–Crippen LogP) is 3.74. The van der Waals surface area contributed by atoms with E-state index in [-0.39, 0.29) is 11.3 Å². The minimum absolute atomic E-state index is 0.138. The SMILES string of the molecule is O=c1[nH]c2ccccc2nc1Cc1cc(Br)c(O)c(Br)c1. The molecule has 0 aliphatic carbocycles. The van der Waals surface area contributed by atoms with Crippen molar-refractivity contribution in [1.82, 2.24) is 9.97 Å². The van der Waals surface area contributed by atoms with Crippen molar-refractivity contribution in [1.29, 1.82) is 0 Å². The summed E-state index contributed by atoms with van der Waals surface area (Å²) < 4.78 is 1.15. The molecule has 106 valence electrons. The highest BCUT2D eigenvalue weighted by atomic mass is 79.9. The molecule has 3 aromatic rings. The van der Waals surface area contributed by atoms with Crippen molar-refractivity contribution in [3.05, 3.63) is 67.0 Å². The van der Waals surface area contributed by atoms with E-state index in [2.05, 4.69) is 41.8 Å². The summed E-state index contributed by atoms with van der Waals surface area (Å²) in [6.45, 7) is 0. The number of para-hydroxylation sites is 2. The highest BCUT2D eigenvalue weighted by Gasteiger charge is 2.10. The molecular weight excluding hydrogens is 400 g/mol. The molecule has 0 aliphatic heterocycles. The number of aromatic nitrogens is 2. The van der Waals surface area contributed by atoms with Gasteiger partial charge >= 0.3 is 0 Å². The number of H-pyrrole nitrogens is 1. The van der Waals surface area contributed by atoms with Gasteiger partial charge in [0, 0.05) is 6.42 Å². The van der Waals surface area contributed by atoms with Crippen LogP contribution in [0.15, 0.2) is 50.1 Å². The molecule has 2 N–H and O–H groups in total. The number of benzene rings is 2. The molecule has 3 rings (SSSR count). The number of halogens is 2. The van der Waals surface area contributed by atoms with Crippen LogP contribution in [0.4, 0.5) is 0 Å². The second kappa shape index (κ2) is 5.61. The Bertz CT molecular complexity index is 867. The summed E-state index contributed by atoms with van der Waals surface area (Å²) >= 11 is 6.56. The zero-order valence-electron chi connectivity index (χ0n) is 10.7. The van der Waals surface area contributed by atoms with Gasteiger partial charge in [-0.1, -0.05) is 12.1 Å². The van der Waals surface area contributed by atoms with Crippen LogP contribution >= 0.6 is 31.9 Å². The molecule has 0 saturated carbocycles. The van der Waals surface area contributed by atoms with E-state index < -0.39 is 0 Å². The van der Waals surface area contributed by atoms with E-state index in [0.29, 0.717) is 21.1 Å². The maximum atomic E-state index is 12.1. The fraction of sp³-hybridized carbons (Fsp3) is 0.0667. The van der Waals surface area contributed by atoms with Crippen LogP contribution in [0.2, 0.25) is 0 Å². The molecule has 1 aromatic heterocycles. The topological polar surface area (TPSA) is 66.0 Å². The molecule has 0 atom stereocenters. The summed E-state index contributed by atoms with van der Waals surface area (Å²) in [6, 6.07) is 11.0. The molecule has 21 heavy (non-hydrogen) atoms. The Labute approximate surface area is 137 Å². The van der Waals surface area contributed by atoms with Crippen molar-refractivity contribution >= 4 is 42.9 Å². The van der Waals surface area contributed by atoms with Gasteiger partial charge < -0.3 is 10.1 Å². The fourth-order valence-corrected chi connectivity index (χ4v) is 3.38. The Hall–Kier alpha value is -1.66. The average molecular weight is 410 g/mol. The first-order chi connectivity index (χ1) is 10.0. The van der Waals surface area contributed by atoms with Gasteiger partial charge in [0.25, 0.3) is 5.56 Å². The molecular formula is C15H10Br2N2O2. The van der Waals surface area contributed by atoms with E-state index in [1.54, 1.807) is 12.1 Å². The van der Waals surface area contributed by atoms with Gasteiger partial charge in [-0.2, -0.15) is 0 Å². The van der Waals surface area contributed by atoms with Crippen molar-refractivity contribution < 1.29 is 5.11 Å². The number of nitrogens with one attached hydrogen (secondary N) is 1. The van der Waals surface area contributed by atoms with Gasteiger partial charge in [0.1, 0.15) is 11.4 Å². The average Bonchev–Trinajstić information content (AvgIpc) is 2.45. The fourth-order valence-electron chi connectivity index (χ4n) is 2.10. The Morgan fingerprint density at radius 1 is 1.14 bits per heavy atom. The third-order valence-corrected chi connectivity index (χ3v) is 4.33. The van der Waals surface area contributed by atoms with Crippen LogP contribution in [-0.2, 0) is 6.42 Å². The standard InChI is InChI=1S/C15H10Br2N2O2/c16-9-5-8(6-10(17)14(9)20)7-13-15(21)19-12-4-2-1-3-11(12)18-13/h1-6,20H,7H2,(H,19,21). The van der Waals surface area contributed by atoms with E-state index in [1.165, 1.54) is 0 Å². The van der Waals surface area contributed by atoms with Crippen molar-refractivity contribution in [3.8, 4) is 5.75 Å². The second-order valence-electron chi connectivity index (χ2n) is 4.61. The summed E-state index contributed by atoms with van der Waals surface area (Å²) in [5, 5.41) is 9.72. The molecule has 2 aromatic carbocycles. The molecule has 0 fully saturated rings. The molecule has 0 unspecified atom stereocenters. The minimum Gasteiger partial charge on any atom is -0.506 e. The van der Waals surface area contributed by atoms with Crippen molar-refractivity contribution in [2.24, 2.45) is 0 Å². The number of aromatic hydroxyl groups is 1. The maximum absolute atomic E-state index is 12.1. The number of hydrogen-bond acceptors (Lipinski definition) is 3. The Morgan fingerprint density at radius 3 is 2.52 bits per heavy atom. The number of rotatable bonds is 2. The molecule has 6 heteroatoms. The Morgan fingerprint density at radius 2 is 1.81 bits per heavy atom. The quantitative estimate of drug-likeness (QED) is 0.677. The highest BCUT2D eigenvalue weighted by molar-refractivity contribution is 9.11. The van der Waals surface area contributed by atoms with Gasteiger partial charge in [0.2, 0.25) is 0 Å². The number of fused-ring (bicyclic) bond motifs is 1. The van der Waals surface area contributed by atoms with Gasteiger partial charge in [-0.3, -0.25) is 4.79 Å². The van der Waals surface area contributed by atoms with Crippen LogP contribution < -0.4 is 5.56 Å². The summed E-state index contributed by atoms with van der Waals surface area (Å²) in [7, 11) is 0. The number of phenols is 1. The van der Waals surface area contributed by atoms with Crippen LogP contribution in [0.1, 0.15) is 11.3 Å². The molecule has 0 spiro atoms. The lowest BCUT2D eigenvalue weighted by Gasteiger charge is -2.06. The molecule has 0 aliphatic rings. The van der Waals surface area contributed by atoms with Crippen LogP contribution in [0, 0.1) is 0 Å². The first-order valence-electron chi connectivity index (χ1n) is 6.19. The van der Waals surface area contributed by atoms with Crippen LogP contribution in [0.3, 0.4) is 0 Å². The lowest BCUT2D eigenvalue weighted by molar-refractivity contribution is 0.468. The van der Waals surface area contributed by atoms with Crippen LogP contribution in [0.5, 0.6) is 5.75 Å². The molecule has 0 saturated heterocycles. The van der Waals surface area contributed by atoms with Gasteiger partial charge in [0.15, 0.2) is 0 Å². The summed E-state index contributed by atoms with van der Waals surface area (Å²) in [4.78, 5) is 19.3. The number of phenolic OH excluding ortho intramolecular Hbond substituents is 1. The summed E-state index contributed by atoms with van der Waals surface area (Å²) in [5.41, 5.74) is 2.59. The van der Waals surface area contributed by atoms with E-state index in [4.69, 9.17) is 0 Å². The molecule has 0 radical (unpaired) electrons. The van der Waals surface area contributed by atoms with E-state index in [9.17, 15) is 9.90 Å². The van der Waals surface area contributed by atoms with E-state index in [1.807, 2.05) is 24.3 Å².